The number of halogens is 2. The van der Waals surface area contributed by atoms with Crippen LogP contribution < -0.4 is 5.32 Å². The Kier molecular flexibility index (Phi) is 4.16. The molecule has 1 saturated carbocycles. The smallest absolute Gasteiger partial charge is 0.145 e. The summed E-state index contributed by atoms with van der Waals surface area (Å²) in [5.41, 5.74) is 0. The second-order valence-electron chi connectivity index (χ2n) is 4.84. The van der Waals surface area contributed by atoms with E-state index in [0.717, 1.165) is 11.7 Å². The molecule has 0 spiro atoms. The molecule has 0 aromatic carbocycles. The van der Waals surface area contributed by atoms with Crippen molar-refractivity contribution < 1.29 is 0 Å². The molecule has 2 rings (SSSR count). The average molecular weight is 273 g/mol. The summed E-state index contributed by atoms with van der Waals surface area (Å²) in [5, 5.41) is 4.63. The van der Waals surface area contributed by atoms with Crippen molar-refractivity contribution in [3.63, 3.8) is 0 Å². The summed E-state index contributed by atoms with van der Waals surface area (Å²) in [6.45, 7) is 4.57. The first-order chi connectivity index (χ1) is 8.11. The first kappa shape index (κ1) is 13.0. The van der Waals surface area contributed by atoms with Crippen molar-refractivity contribution in [1.29, 1.82) is 0 Å². The van der Waals surface area contributed by atoms with Crippen LogP contribution in [-0.4, -0.2) is 11.0 Å². The van der Waals surface area contributed by atoms with Gasteiger partial charge in [0.1, 0.15) is 5.82 Å². The molecule has 0 saturated heterocycles. The van der Waals surface area contributed by atoms with Crippen LogP contribution in [0.4, 0.5) is 5.82 Å². The number of rotatable bonds is 3. The van der Waals surface area contributed by atoms with E-state index in [1.807, 2.05) is 0 Å². The van der Waals surface area contributed by atoms with Gasteiger partial charge in [-0.15, -0.1) is 0 Å². The van der Waals surface area contributed by atoms with Gasteiger partial charge in [-0.25, -0.2) is 4.98 Å². The largest absolute Gasteiger partial charge is 0.366 e. The van der Waals surface area contributed by atoms with Gasteiger partial charge in [0.05, 0.1) is 10.0 Å². The molecule has 1 aliphatic rings. The highest BCUT2D eigenvalue weighted by atomic mass is 35.5. The van der Waals surface area contributed by atoms with E-state index in [-0.39, 0.29) is 0 Å². The fourth-order valence-electron chi connectivity index (χ4n) is 2.72. The molecule has 1 N–H and O–H groups in total. The van der Waals surface area contributed by atoms with E-state index in [9.17, 15) is 0 Å². The van der Waals surface area contributed by atoms with Crippen LogP contribution in [0.25, 0.3) is 0 Å². The topological polar surface area (TPSA) is 24.9 Å². The summed E-state index contributed by atoms with van der Waals surface area (Å²) in [6.07, 6.45) is 5.37. The van der Waals surface area contributed by atoms with Crippen molar-refractivity contribution in [2.45, 2.75) is 39.2 Å². The van der Waals surface area contributed by atoms with E-state index >= 15 is 0 Å². The zero-order valence-electron chi connectivity index (χ0n) is 10.2. The van der Waals surface area contributed by atoms with Crippen molar-refractivity contribution in [3.8, 4) is 0 Å². The molecular weight excluding hydrogens is 255 g/mol. The first-order valence-electron chi connectivity index (χ1n) is 6.19. The van der Waals surface area contributed by atoms with Gasteiger partial charge in [-0.3, -0.25) is 0 Å². The number of pyridine rings is 1. The maximum atomic E-state index is 6.12. The van der Waals surface area contributed by atoms with E-state index in [1.54, 1.807) is 12.3 Å². The lowest BCUT2D eigenvalue weighted by Crippen LogP contribution is -2.25. The molecule has 0 bridgehead atoms. The summed E-state index contributed by atoms with van der Waals surface area (Å²) in [6, 6.07) is 2.21. The molecule has 3 unspecified atom stereocenters. The summed E-state index contributed by atoms with van der Waals surface area (Å²) in [4.78, 5) is 4.25. The lowest BCUT2D eigenvalue weighted by atomic mass is 9.93. The Morgan fingerprint density at radius 3 is 2.76 bits per heavy atom. The van der Waals surface area contributed by atoms with Gasteiger partial charge in [0, 0.05) is 12.2 Å². The minimum atomic E-state index is 0.478. The number of hydrogen-bond acceptors (Lipinski definition) is 2. The molecule has 1 aromatic heterocycles. The zero-order chi connectivity index (χ0) is 12.4. The number of hydrogen-bond donors (Lipinski definition) is 1. The third kappa shape index (κ3) is 2.86. The lowest BCUT2D eigenvalue weighted by Gasteiger charge is -2.21. The quantitative estimate of drug-likeness (QED) is 0.868. The van der Waals surface area contributed by atoms with Gasteiger partial charge in [0.15, 0.2) is 0 Å². The highest BCUT2D eigenvalue weighted by Crippen LogP contribution is 2.36. The maximum Gasteiger partial charge on any atom is 0.145 e. The number of anilines is 1. The fraction of sp³-hybridized carbons (Fsp3) is 0.615. The Morgan fingerprint density at radius 2 is 2.18 bits per heavy atom. The minimum absolute atomic E-state index is 0.478. The van der Waals surface area contributed by atoms with Gasteiger partial charge in [0.25, 0.3) is 0 Å². The van der Waals surface area contributed by atoms with Crippen molar-refractivity contribution in [3.05, 3.63) is 22.3 Å². The molecule has 1 aliphatic carbocycles. The molecule has 0 amide bonds. The molecule has 94 valence electrons. The molecule has 1 heterocycles. The Balaban J connectivity index is 2.06. The van der Waals surface area contributed by atoms with Crippen LogP contribution in [0.2, 0.25) is 10.0 Å². The summed E-state index contributed by atoms with van der Waals surface area (Å²) < 4.78 is 0. The van der Waals surface area contributed by atoms with Gasteiger partial charge in [-0.05, 0) is 30.7 Å². The predicted octanol–water partition coefficient (Wildman–Crippen LogP) is 4.63. The van der Waals surface area contributed by atoms with Gasteiger partial charge in [-0.1, -0.05) is 43.5 Å². The Labute approximate surface area is 113 Å². The number of nitrogens with zero attached hydrogens (tertiary/aromatic N) is 1. The second-order valence-corrected chi connectivity index (χ2v) is 5.68. The summed E-state index contributed by atoms with van der Waals surface area (Å²) in [5.74, 6) is 2.25. The van der Waals surface area contributed by atoms with Crippen LogP contribution in [0.1, 0.15) is 33.1 Å². The zero-order valence-corrected chi connectivity index (χ0v) is 11.7. The molecule has 1 fully saturated rings. The Hall–Kier alpha value is -0.470. The van der Waals surface area contributed by atoms with Crippen LogP contribution in [0.5, 0.6) is 0 Å². The fourth-order valence-corrected chi connectivity index (χ4v) is 3.16. The van der Waals surface area contributed by atoms with Crippen molar-refractivity contribution in [1.82, 2.24) is 4.98 Å². The molecule has 3 atom stereocenters. The SMILES string of the molecule is CCC1CCC(Nc2ncc(Cl)cc2Cl)C1C. The first-order valence-corrected chi connectivity index (χ1v) is 6.95. The van der Waals surface area contributed by atoms with E-state index in [0.29, 0.717) is 22.0 Å². The van der Waals surface area contributed by atoms with Crippen LogP contribution >= 0.6 is 23.2 Å². The monoisotopic (exact) mass is 272 g/mol. The van der Waals surface area contributed by atoms with Gasteiger partial charge in [0.2, 0.25) is 0 Å². The summed E-state index contributed by atoms with van der Waals surface area (Å²) >= 11 is 11.9. The van der Waals surface area contributed by atoms with Crippen molar-refractivity contribution >= 4 is 29.0 Å². The second kappa shape index (κ2) is 5.45. The van der Waals surface area contributed by atoms with E-state index < -0.39 is 0 Å². The van der Waals surface area contributed by atoms with Gasteiger partial charge < -0.3 is 5.32 Å². The molecule has 0 radical (unpaired) electrons. The average Bonchev–Trinajstić information content (AvgIpc) is 2.64. The number of aromatic nitrogens is 1. The lowest BCUT2D eigenvalue weighted by molar-refractivity contribution is 0.391. The standard InChI is InChI=1S/C13H18Cl2N2/c1-3-9-4-5-12(8(9)2)17-13-11(15)6-10(14)7-16-13/h6-9,12H,3-5H2,1-2H3,(H,16,17). The highest BCUT2D eigenvalue weighted by molar-refractivity contribution is 6.35. The maximum absolute atomic E-state index is 6.12. The summed E-state index contributed by atoms with van der Waals surface area (Å²) in [7, 11) is 0. The molecule has 0 aliphatic heterocycles. The molecule has 1 aromatic rings. The molecule has 17 heavy (non-hydrogen) atoms. The number of nitrogens with one attached hydrogen (secondary N) is 1. The third-order valence-corrected chi connectivity index (χ3v) is 4.38. The predicted molar refractivity (Wildman–Crippen MR) is 73.8 cm³/mol. The van der Waals surface area contributed by atoms with Crippen LogP contribution in [0.15, 0.2) is 12.3 Å². The Bertz CT molecular complexity index is 395. The Morgan fingerprint density at radius 1 is 1.41 bits per heavy atom. The van der Waals surface area contributed by atoms with Crippen molar-refractivity contribution in [2.75, 3.05) is 5.32 Å². The van der Waals surface area contributed by atoms with E-state index in [2.05, 4.69) is 24.1 Å². The van der Waals surface area contributed by atoms with E-state index in [4.69, 9.17) is 23.2 Å². The third-order valence-electron chi connectivity index (χ3n) is 3.88. The van der Waals surface area contributed by atoms with Crippen LogP contribution in [0, 0.1) is 11.8 Å². The van der Waals surface area contributed by atoms with Crippen molar-refractivity contribution in [2.24, 2.45) is 11.8 Å². The molecular formula is C13H18Cl2N2. The van der Waals surface area contributed by atoms with Gasteiger partial charge in [-0.2, -0.15) is 0 Å². The van der Waals surface area contributed by atoms with Crippen LogP contribution in [0.3, 0.4) is 0 Å². The van der Waals surface area contributed by atoms with E-state index in [1.165, 1.54) is 19.3 Å². The van der Waals surface area contributed by atoms with Gasteiger partial charge >= 0.3 is 0 Å². The molecule has 4 heteroatoms. The highest BCUT2D eigenvalue weighted by Gasteiger charge is 2.31. The van der Waals surface area contributed by atoms with Crippen LogP contribution in [-0.2, 0) is 0 Å². The normalized spacial score (nSPS) is 28.4. The minimum Gasteiger partial charge on any atom is -0.366 e. The molecule has 2 nitrogen and oxygen atoms in total.